The van der Waals surface area contributed by atoms with Gasteiger partial charge in [-0.15, -0.1) is 0 Å². The van der Waals surface area contributed by atoms with E-state index in [0.717, 1.165) is 11.3 Å². The molecule has 0 spiro atoms. The second-order valence-corrected chi connectivity index (χ2v) is 5.71. The number of hydrogen-bond acceptors (Lipinski definition) is 4. The van der Waals surface area contributed by atoms with Gasteiger partial charge in [0, 0.05) is 6.42 Å². The van der Waals surface area contributed by atoms with Crippen LogP contribution in [0.3, 0.4) is 0 Å². The lowest BCUT2D eigenvalue weighted by molar-refractivity contribution is -0.125. The number of aryl methyl sites for hydroxylation is 1. The van der Waals surface area contributed by atoms with Gasteiger partial charge in [-0.25, -0.2) is 0 Å². The zero-order chi connectivity index (χ0) is 17.6. The van der Waals surface area contributed by atoms with E-state index in [2.05, 4.69) is 10.6 Å². The Balaban J connectivity index is 1.50. The van der Waals surface area contributed by atoms with Crippen LogP contribution in [0, 0.1) is 0 Å². The van der Waals surface area contributed by atoms with E-state index < -0.39 is 6.10 Å². The highest BCUT2D eigenvalue weighted by Crippen LogP contribution is 2.28. The molecule has 0 radical (unpaired) electrons. The summed E-state index contributed by atoms with van der Waals surface area (Å²) in [7, 11) is 1.61. The number of carbonyl (C=O) groups excluding carboxylic acids is 2. The van der Waals surface area contributed by atoms with Crippen molar-refractivity contribution in [2.75, 3.05) is 19.0 Å². The lowest BCUT2D eigenvalue weighted by Crippen LogP contribution is -2.45. The molecule has 0 aliphatic carbocycles. The molecule has 3 rings (SSSR count). The van der Waals surface area contributed by atoms with Crippen LogP contribution >= 0.6 is 0 Å². The number of methoxy groups -OCH3 is 1. The average molecular weight is 340 g/mol. The number of fused-ring (bicyclic) bond motifs is 1. The summed E-state index contributed by atoms with van der Waals surface area (Å²) in [4.78, 5) is 24.1. The van der Waals surface area contributed by atoms with Crippen LogP contribution in [0.15, 0.2) is 48.5 Å². The van der Waals surface area contributed by atoms with E-state index in [9.17, 15) is 9.59 Å². The van der Waals surface area contributed by atoms with E-state index in [1.807, 2.05) is 36.4 Å². The predicted octanol–water partition coefficient (Wildman–Crippen LogP) is 2.14. The van der Waals surface area contributed by atoms with Gasteiger partial charge >= 0.3 is 0 Å². The maximum absolute atomic E-state index is 12.1. The standard InChI is InChI=1S/C19H20N2O4/c1-24-15-8-4-2-6-13(15)10-11-18(22)20-12-17-19(23)21-14-7-3-5-9-16(14)25-17/h2-9,17H,10-12H2,1H3,(H,20,22)(H,21,23). The molecule has 2 N–H and O–H groups in total. The average Bonchev–Trinajstić information content (AvgIpc) is 2.64. The van der Waals surface area contributed by atoms with Gasteiger partial charge in [0.25, 0.3) is 5.91 Å². The fraction of sp³-hybridized carbons (Fsp3) is 0.263. The van der Waals surface area contributed by atoms with Crippen molar-refractivity contribution < 1.29 is 19.1 Å². The first-order valence-electron chi connectivity index (χ1n) is 8.12. The lowest BCUT2D eigenvalue weighted by atomic mass is 10.1. The summed E-state index contributed by atoms with van der Waals surface area (Å²) < 4.78 is 10.9. The molecule has 1 unspecified atom stereocenters. The number of hydrogen-bond donors (Lipinski definition) is 2. The molecular weight excluding hydrogens is 320 g/mol. The van der Waals surface area contributed by atoms with E-state index in [1.54, 1.807) is 19.2 Å². The van der Waals surface area contributed by atoms with Crippen molar-refractivity contribution in [3.05, 3.63) is 54.1 Å². The van der Waals surface area contributed by atoms with Gasteiger partial charge in [0.2, 0.25) is 5.91 Å². The number of rotatable bonds is 6. The summed E-state index contributed by atoms with van der Waals surface area (Å²) in [5.74, 6) is 0.974. The van der Waals surface area contributed by atoms with Gasteiger partial charge in [0.15, 0.2) is 6.10 Å². The van der Waals surface area contributed by atoms with Crippen molar-refractivity contribution in [1.82, 2.24) is 5.32 Å². The number of anilines is 1. The highest BCUT2D eigenvalue weighted by molar-refractivity contribution is 5.98. The summed E-state index contributed by atoms with van der Waals surface area (Å²) in [5, 5.41) is 5.53. The minimum absolute atomic E-state index is 0.130. The van der Waals surface area contributed by atoms with Gasteiger partial charge in [-0.1, -0.05) is 30.3 Å². The van der Waals surface area contributed by atoms with Crippen LogP contribution in [0.2, 0.25) is 0 Å². The second kappa shape index (κ2) is 7.70. The van der Waals surface area contributed by atoms with E-state index >= 15 is 0 Å². The Labute approximate surface area is 146 Å². The molecular formula is C19H20N2O4. The van der Waals surface area contributed by atoms with Crippen LogP contribution in [-0.4, -0.2) is 31.6 Å². The summed E-state index contributed by atoms with van der Waals surface area (Å²) >= 11 is 0. The summed E-state index contributed by atoms with van der Waals surface area (Å²) in [6, 6.07) is 14.8. The maximum Gasteiger partial charge on any atom is 0.267 e. The molecule has 25 heavy (non-hydrogen) atoms. The third kappa shape index (κ3) is 4.09. The molecule has 1 aliphatic heterocycles. The smallest absolute Gasteiger partial charge is 0.267 e. The number of benzene rings is 2. The molecule has 6 nitrogen and oxygen atoms in total. The molecule has 0 bridgehead atoms. The zero-order valence-corrected chi connectivity index (χ0v) is 14.0. The fourth-order valence-electron chi connectivity index (χ4n) is 2.68. The van der Waals surface area contributed by atoms with Gasteiger partial charge in [-0.2, -0.15) is 0 Å². The maximum atomic E-state index is 12.1. The quantitative estimate of drug-likeness (QED) is 0.845. The van der Waals surface area contributed by atoms with Crippen molar-refractivity contribution in [1.29, 1.82) is 0 Å². The fourth-order valence-corrected chi connectivity index (χ4v) is 2.68. The monoisotopic (exact) mass is 340 g/mol. The first kappa shape index (κ1) is 16.8. The Bertz CT molecular complexity index is 776. The molecule has 1 aliphatic rings. The van der Waals surface area contributed by atoms with Gasteiger partial charge in [-0.3, -0.25) is 9.59 Å². The minimum atomic E-state index is -0.731. The number of carbonyl (C=O) groups is 2. The van der Waals surface area contributed by atoms with E-state index in [1.165, 1.54) is 0 Å². The van der Waals surface area contributed by atoms with Crippen molar-refractivity contribution in [2.24, 2.45) is 0 Å². The molecule has 1 atom stereocenters. The largest absolute Gasteiger partial charge is 0.496 e. The zero-order valence-electron chi connectivity index (χ0n) is 14.0. The Hall–Kier alpha value is -3.02. The predicted molar refractivity (Wildman–Crippen MR) is 93.8 cm³/mol. The molecule has 2 aromatic rings. The van der Waals surface area contributed by atoms with E-state index in [0.29, 0.717) is 24.3 Å². The van der Waals surface area contributed by atoms with Crippen molar-refractivity contribution in [3.8, 4) is 11.5 Å². The van der Waals surface area contributed by atoms with Gasteiger partial charge < -0.3 is 20.1 Å². The number of nitrogens with one attached hydrogen (secondary N) is 2. The Morgan fingerprint density at radius 3 is 2.80 bits per heavy atom. The summed E-state index contributed by atoms with van der Waals surface area (Å²) in [5.41, 5.74) is 1.62. The highest BCUT2D eigenvalue weighted by Gasteiger charge is 2.27. The summed E-state index contributed by atoms with van der Waals surface area (Å²) in [6.07, 6.45) is 0.145. The molecule has 2 aromatic carbocycles. The molecule has 0 saturated heterocycles. The molecule has 2 amide bonds. The SMILES string of the molecule is COc1ccccc1CCC(=O)NCC1Oc2ccccc2NC1=O. The van der Waals surface area contributed by atoms with Crippen LogP contribution in [0.4, 0.5) is 5.69 Å². The lowest BCUT2D eigenvalue weighted by Gasteiger charge is -2.25. The van der Waals surface area contributed by atoms with Gasteiger partial charge in [-0.05, 0) is 30.2 Å². The number of para-hydroxylation sites is 3. The molecule has 0 aromatic heterocycles. The first-order valence-corrected chi connectivity index (χ1v) is 8.12. The van der Waals surface area contributed by atoms with Gasteiger partial charge in [0.1, 0.15) is 11.5 Å². The van der Waals surface area contributed by atoms with Crippen molar-refractivity contribution in [2.45, 2.75) is 18.9 Å². The van der Waals surface area contributed by atoms with Gasteiger partial charge in [0.05, 0.1) is 19.3 Å². The molecule has 130 valence electrons. The topological polar surface area (TPSA) is 76.7 Å². The Kier molecular flexibility index (Phi) is 5.18. The second-order valence-electron chi connectivity index (χ2n) is 5.71. The normalized spacial score (nSPS) is 15.6. The molecule has 1 heterocycles. The van der Waals surface area contributed by atoms with E-state index in [-0.39, 0.29) is 18.4 Å². The molecule has 0 saturated carbocycles. The Morgan fingerprint density at radius 2 is 1.96 bits per heavy atom. The molecule has 0 fully saturated rings. The van der Waals surface area contributed by atoms with Crippen LogP contribution in [-0.2, 0) is 16.0 Å². The van der Waals surface area contributed by atoms with Crippen LogP contribution in [0.5, 0.6) is 11.5 Å². The molecule has 6 heteroatoms. The Morgan fingerprint density at radius 1 is 1.20 bits per heavy atom. The third-order valence-corrected chi connectivity index (χ3v) is 4.01. The summed E-state index contributed by atoms with van der Waals surface area (Å²) in [6.45, 7) is 0.130. The van der Waals surface area contributed by atoms with E-state index in [4.69, 9.17) is 9.47 Å². The van der Waals surface area contributed by atoms with Crippen LogP contribution < -0.4 is 20.1 Å². The first-order chi connectivity index (χ1) is 12.2. The number of amides is 2. The minimum Gasteiger partial charge on any atom is -0.496 e. The van der Waals surface area contributed by atoms with Crippen LogP contribution in [0.25, 0.3) is 0 Å². The van der Waals surface area contributed by atoms with Crippen molar-refractivity contribution in [3.63, 3.8) is 0 Å². The third-order valence-electron chi connectivity index (χ3n) is 4.01. The van der Waals surface area contributed by atoms with Crippen molar-refractivity contribution >= 4 is 17.5 Å². The highest BCUT2D eigenvalue weighted by atomic mass is 16.5. The number of ether oxygens (including phenoxy) is 2. The van der Waals surface area contributed by atoms with Crippen LogP contribution in [0.1, 0.15) is 12.0 Å².